The van der Waals surface area contributed by atoms with Gasteiger partial charge in [-0.3, -0.25) is 0 Å². The van der Waals surface area contributed by atoms with E-state index in [4.69, 9.17) is 5.11 Å². The molecule has 0 aliphatic carbocycles. The largest absolute Gasteiger partial charge is 0.508 e. The van der Waals surface area contributed by atoms with E-state index in [1.54, 1.807) is 6.07 Å². The average Bonchev–Trinajstić information content (AvgIpc) is 2.38. The van der Waals surface area contributed by atoms with Crippen LogP contribution in [0.1, 0.15) is 56.2 Å². The summed E-state index contributed by atoms with van der Waals surface area (Å²) >= 11 is 0. The molecule has 18 heavy (non-hydrogen) atoms. The molecule has 0 radical (unpaired) electrons. The van der Waals surface area contributed by atoms with Crippen molar-refractivity contribution in [3.63, 3.8) is 0 Å². The third kappa shape index (κ3) is 4.02. The quantitative estimate of drug-likeness (QED) is 0.740. The molecule has 0 amide bonds. The zero-order valence-corrected chi connectivity index (χ0v) is 11.7. The normalized spacial score (nSPS) is 10.8. The monoisotopic (exact) mass is 250 g/mol. The van der Waals surface area contributed by atoms with Gasteiger partial charge in [0.15, 0.2) is 0 Å². The fourth-order valence-electron chi connectivity index (χ4n) is 2.38. The van der Waals surface area contributed by atoms with E-state index < -0.39 is 0 Å². The van der Waals surface area contributed by atoms with Gasteiger partial charge in [0.2, 0.25) is 0 Å². The first-order valence-corrected chi connectivity index (χ1v) is 7.18. The van der Waals surface area contributed by atoms with Crippen LogP contribution in [0, 0.1) is 0 Å². The van der Waals surface area contributed by atoms with Gasteiger partial charge in [-0.1, -0.05) is 32.8 Å². The number of rotatable bonds is 8. The van der Waals surface area contributed by atoms with Crippen LogP contribution in [-0.4, -0.2) is 16.8 Å². The molecular weight excluding hydrogens is 224 g/mol. The standard InChI is InChI=1S/C16H26O2/c1-3-5-7-14-13(11-12-17)9-10-16(18)15(14)8-6-4-2/h9-10,17-18H,3-8,11-12H2,1-2H3. The molecule has 0 fully saturated rings. The summed E-state index contributed by atoms with van der Waals surface area (Å²) in [5.74, 6) is 0.427. The van der Waals surface area contributed by atoms with E-state index in [0.29, 0.717) is 12.2 Å². The van der Waals surface area contributed by atoms with Gasteiger partial charge in [-0.25, -0.2) is 0 Å². The molecule has 0 heterocycles. The molecule has 0 aliphatic rings. The number of aliphatic hydroxyl groups excluding tert-OH is 1. The lowest BCUT2D eigenvalue weighted by Crippen LogP contribution is -2.03. The summed E-state index contributed by atoms with van der Waals surface area (Å²) in [5, 5.41) is 19.2. The molecule has 2 nitrogen and oxygen atoms in total. The van der Waals surface area contributed by atoms with E-state index in [9.17, 15) is 5.11 Å². The number of unbranched alkanes of at least 4 members (excludes halogenated alkanes) is 2. The van der Waals surface area contributed by atoms with E-state index >= 15 is 0 Å². The number of phenols is 1. The van der Waals surface area contributed by atoms with Crippen molar-refractivity contribution in [2.24, 2.45) is 0 Å². The molecule has 102 valence electrons. The van der Waals surface area contributed by atoms with Crippen molar-refractivity contribution in [1.82, 2.24) is 0 Å². The molecule has 0 saturated heterocycles. The fraction of sp³-hybridized carbons (Fsp3) is 0.625. The highest BCUT2D eigenvalue weighted by Crippen LogP contribution is 2.28. The first-order chi connectivity index (χ1) is 8.74. The van der Waals surface area contributed by atoms with Crippen LogP contribution in [0.25, 0.3) is 0 Å². The van der Waals surface area contributed by atoms with E-state index in [2.05, 4.69) is 13.8 Å². The lowest BCUT2D eigenvalue weighted by atomic mass is 9.91. The van der Waals surface area contributed by atoms with Crippen LogP contribution in [0.3, 0.4) is 0 Å². The van der Waals surface area contributed by atoms with E-state index in [-0.39, 0.29) is 6.61 Å². The Bertz CT molecular complexity index is 358. The molecule has 1 aromatic carbocycles. The minimum Gasteiger partial charge on any atom is -0.508 e. The van der Waals surface area contributed by atoms with E-state index in [0.717, 1.165) is 44.1 Å². The second kappa shape index (κ2) is 8.15. The van der Waals surface area contributed by atoms with Gasteiger partial charge >= 0.3 is 0 Å². The van der Waals surface area contributed by atoms with Crippen LogP contribution in [0.2, 0.25) is 0 Å². The second-order valence-electron chi connectivity index (χ2n) is 4.88. The van der Waals surface area contributed by atoms with E-state index in [1.807, 2.05) is 6.07 Å². The minimum absolute atomic E-state index is 0.178. The molecule has 2 heteroatoms. The van der Waals surface area contributed by atoms with Gasteiger partial charge in [0.25, 0.3) is 0 Å². The third-order valence-corrected chi connectivity index (χ3v) is 3.45. The lowest BCUT2D eigenvalue weighted by Gasteiger charge is -2.16. The summed E-state index contributed by atoms with van der Waals surface area (Å²) in [4.78, 5) is 0. The van der Waals surface area contributed by atoms with Crippen LogP contribution >= 0.6 is 0 Å². The minimum atomic E-state index is 0.178. The Kier molecular flexibility index (Phi) is 6.81. The average molecular weight is 250 g/mol. The highest BCUT2D eigenvalue weighted by molar-refractivity contribution is 5.45. The number of phenolic OH excluding ortho intramolecular Hbond substituents is 1. The van der Waals surface area contributed by atoms with Crippen molar-refractivity contribution >= 4 is 0 Å². The van der Waals surface area contributed by atoms with Gasteiger partial charge in [0.05, 0.1) is 0 Å². The van der Waals surface area contributed by atoms with Crippen molar-refractivity contribution in [3.8, 4) is 5.75 Å². The predicted molar refractivity (Wildman–Crippen MR) is 76.1 cm³/mol. The third-order valence-electron chi connectivity index (χ3n) is 3.45. The van der Waals surface area contributed by atoms with Gasteiger partial charge < -0.3 is 10.2 Å². The summed E-state index contributed by atoms with van der Waals surface area (Å²) in [7, 11) is 0. The maximum Gasteiger partial charge on any atom is 0.119 e. The smallest absolute Gasteiger partial charge is 0.119 e. The Labute approximate surface area is 111 Å². The van der Waals surface area contributed by atoms with Crippen LogP contribution < -0.4 is 0 Å². The number of hydrogen-bond acceptors (Lipinski definition) is 2. The highest BCUT2D eigenvalue weighted by Gasteiger charge is 2.12. The predicted octanol–water partition coefficient (Wildman–Crippen LogP) is 3.61. The molecule has 2 N–H and O–H groups in total. The molecule has 0 saturated carbocycles. The molecule has 0 atom stereocenters. The van der Waals surface area contributed by atoms with Crippen molar-refractivity contribution in [2.45, 2.75) is 58.8 Å². The van der Waals surface area contributed by atoms with Gasteiger partial charge in [-0.05, 0) is 54.9 Å². The number of aromatic hydroxyl groups is 1. The molecule has 0 bridgehead atoms. The summed E-state index contributed by atoms with van der Waals surface area (Å²) in [6.07, 6.45) is 7.19. The van der Waals surface area contributed by atoms with Crippen molar-refractivity contribution < 1.29 is 10.2 Å². The van der Waals surface area contributed by atoms with Crippen LogP contribution in [-0.2, 0) is 19.3 Å². The number of hydrogen-bond donors (Lipinski definition) is 2. The Morgan fingerprint density at radius 3 is 2.06 bits per heavy atom. The van der Waals surface area contributed by atoms with Crippen LogP contribution in [0.15, 0.2) is 12.1 Å². The van der Waals surface area contributed by atoms with Gasteiger partial charge in [0, 0.05) is 6.61 Å². The molecule has 0 unspecified atom stereocenters. The van der Waals surface area contributed by atoms with Gasteiger partial charge in [-0.2, -0.15) is 0 Å². The topological polar surface area (TPSA) is 40.5 Å². The van der Waals surface area contributed by atoms with Crippen molar-refractivity contribution in [2.75, 3.05) is 6.61 Å². The zero-order valence-electron chi connectivity index (χ0n) is 11.7. The first kappa shape index (κ1) is 15.0. The first-order valence-electron chi connectivity index (χ1n) is 7.18. The fourth-order valence-corrected chi connectivity index (χ4v) is 2.38. The molecule has 0 aromatic heterocycles. The molecule has 1 rings (SSSR count). The maximum atomic E-state index is 10.0. The Hall–Kier alpha value is -1.02. The lowest BCUT2D eigenvalue weighted by molar-refractivity contribution is 0.299. The van der Waals surface area contributed by atoms with E-state index in [1.165, 1.54) is 11.1 Å². The number of aliphatic hydroxyl groups is 1. The maximum absolute atomic E-state index is 10.0. The molecule has 0 spiro atoms. The molecular formula is C16H26O2. The Morgan fingerprint density at radius 2 is 1.50 bits per heavy atom. The Morgan fingerprint density at radius 1 is 0.889 bits per heavy atom. The Balaban J connectivity index is 3.04. The van der Waals surface area contributed by atoms with Crippen LogP contribution in [0.5, 0.6) is 5.75 Å². The van der Waals surface area contributed by atoms with Crippen molar-refractivity contribution in [3.05, 3.63) is 28.8 Å². The van der Waals surface area contributed by atoms with Gasteiger partial charge in [-0.15, -0.1) is 0 Å². The van der Waals surface area contributed by atoms with Crippen molar-refractivity contribution in [1.29, 1.82) is 0 Å². The molecule has 0 aliphatic heterocycles. The highest BCUT2D eigenvalue weighted by atomic mass is 16.3. The second-order valence-corrected chi connectivity index (χ2v) is 4.88. The summed E-state index contributed by atoms with van der Waals surface area (Å²) < 4.78 is 0. The molecule has 1 aromatic rings. The SMILES string of the molecule is CCCCc1c(O)ccc(CCO)c1CCCC. The number of benzene rings is 1. The van der Waals surface area contributed by atoms with Crippen LogP contribution in [0.4, 0.5) is 0 Å². The summed E-state index contributed by atoms with van der Waals surface area (Å²) in [6.45, 7) is 4.53. The zero-order chi connectivity index (χ0) is 13.4. The van der Waals surface area contributed by atoms with Gasteiger partial charge in [0.1, 0.15) is 5.75 Å². The summed E-state index contributed by atoms with van der Waals surface area (Å²) in [6, 6.07) is 3.75. The summed E-state index contributed by atoms with van der Waals surface area (Å²) in [5.41, 5.74) is 3.59.